The molecule has 0 saturated carbocycles. The maximum atomic E-state index is 2.39. The van der Waals surface area contributed by atoms with Crippen LogP contribution in [-0.4, -0.2) is 0 Å². The largest absolute Gasteiger partial charge is 0.0622 e. The number of fused-ring (bicyclic) bond motifs is 3. The highest BCUT2D eigenvalue weighted by Crippen LogP contribution is 2.48. The average Bonchev–Trinajstić information content (AvgIpc) is 3.07. The van der Waals surface area contributed by atoms with Crippen LogP contribution in [-0.2, 0) is 0 Å². The smallest absolute Gasteiger partial charge is 0.00199 e. The summed E-state index contributed by atoms with van der Waals surface area (Å²) < 4.78 is 0. The van der Waals surface area contributed by atoms with Gasteiger partial charge in [0.1, 0.15) is 0 Å². The molecule has 0 atom stereocenters. The van der Waals surface area contributed by atoms with E-state index in [-0.39, 0.29) is 0 Å². The minimum Gasteiger partial charge on any atom is -0.0622 e. The first-order valence-electron chi connectivity index (χ1n) is 14.5. The minimum absolute atomic E-state index is 1.23. The van der Waals surface area contributed by atoms with Crippen molar-refractivity contribution >= 4 is 32.3 Å². The Kier molecular flexibility index (Phi) is 5.90. The summed E-state index contributed by atoms with van der Waals surface area (Å²) in [5.74, 6) is 0. The molecule has 0 aliphatic heterocycles. The molecule has 0 nitrogen and oxygen atoms in total. The summed E-state index contributed by atoms with van der Waals surface area (Å²) >= 11 is 0. The van der Waals surface area contributed by atoms with Crippen LogP contribution in [0.25, 0.3) is 76.8 Å². The van der Waals surface area contributed by atoms with Crippen molar-refractivity contribution in [2.75, 3.05) is 0 Å². The summed E-state index contributed by atoms with van der Waals surface area (Å²) in [6, 6.07) is 61.7. The quantitative estimate of drug-likeness (QED) is 0.198. The van der Waals surface area contributed by atoms with Gasteiger partial charge in [-0.1, -0.05) is 158 Å². The Balaban J connectivity index is 1.53. The van der Waals surface area contributed by atoms with E-state index in [0.717, 1.165) is 0 Å². The minimum atomic E-state index is 1.23. The van der Waals surface area contributed by atoms with Gasteiger partial charge in [0, 0.05) is 0 Å². The van der Waals surface area contributed by atoms with Crippen LogP contribution in [0.1, 0.15) is 0 Å². The van der Waals surface area contributed by atoms with Crippen molar-refractivity contribution in [3.05, 3.63) is 170 Å². The molecule has 8 rings (SSSR count). The molecule has 196 valence electrons. The molecule has 8 aromatic rings. The molecule has 0 amide bonds. The molecule has 42 heavy (non-hydrogen) atoms. The summed E-state index contributed by atoms with van der Waals surface area (Å²) in [7, 11) is 0. The Bertz CT molecular complexity index is 2170. The van der Waals surface area contributed by atoms with E-state index in [1.165, 1.54) is 76.8 Å². The van der Waals surface area contributed by atoms with Gasteiger partial charge in [0.15, 0.2) is 0 Å². The van der Waals surface area contributed by atoms with Gasteiger partial charge < -0.3 is 0 Å². The first-order chi connectivity index (χ1) is 20.9. The fraction of sp³-hybridized carbons (Fsp3) is 0. The first-order valence-corrected chi connectivity index (χ1v) is 14.5. The Hall–Kier alpha value is -5.46. The lowest BCUT2D eigenvalue weighted by Gasteiger charge is -2.21. The SMILES string of the molecule is c1ccc(-c2ccccc2-c2c3ccccc3c(-c3cc4ccccc4cc3-c3ccccc3)c3ccccc23)cc1. The van der Waals surface area contributed by atoms with Crippen molar-refractivity contribution < 1.29 is 0 Å². The predicted molar refractivity (Wildman–Crippen MR) is 181 cm³/mol. The third kappa shape index (κ3) is 4.00. The number of hydrogen-bond donors (Lipinski definition) is 0. The van der Waals surface area contributed by atoms with Crippen LogP contribution in [0.15, 0.2) is 170 Å². The molecule has 0 aromatic heterocycles. The number of hydrogen-bond acceptors (Lipinski definition) is 0. The topological polar surface area (TPSA) is 0 Å². The molecule has 0 spiro atoms. The Morgan fingerprint density at radius 2 is 0.595 bits per heavy atom. The monoisotopic (exact) mass is 532 g/mol. The van der Waals surface area contributed by atoms with Crippen molar-refractivity contribution in [1.82, 2.24) is 0 Å². The summed E-state index contributed by atoms with van der Waals surface area (Å²) in [4.78, 5) is 0. The molecule has 0 radical (unpaired) electrons. The molecule has 0 bridgehead atoms. The van der Waals surface area contributed by atoms with Crippen LogP contribution in [0.5, 0.6) is 0 Å². The van der Waals surface area contributed by atoms with Crippen LogP contribution >= 0.6 is 0 Å². The third-order valence-electron chi connectivity index (χ3n) is 8.45. The summed E-state index contributed by atoms with van der Waals surface area (Å²) in [5.41, 5.74) is 10.0. The van der Waals surface area contributed by atoms with Crippen molar-refractivity contribution in [3.63, 3.8) is 0 Å². The maximum absolute atomic E-state index is 2.39. The van der Waals surface area contributed by atoms with E-state index in [1.807, 2.05) is 0 Å². The van der Waals surface area contributed by atoms with Crippen LogP contribution in [0.2, 0.25) is 0 Å². The summed E-state index contributed by atoms with van der Waals surface area (Å²) in [6.45, 7) is 0. The van der Waals surface area contributed by atoms with Crippen molar-refractivity contribution in [2.24, 2.45) is 0 Å². The molecule has 8 aromatic carbocycles. The molecule has 0 heterocycles. The van der Waals surface area contributed by atoms with Gasteiger partial charge in [-0.2, -0.15) is 0 Å². The van der Waals surface area contributed by atoms with E-state index in [0.29, 0.717) is 0 Å². The Labute approximate surface area is 246 Å². The molecule has 0 heteroatoms. The maximum Gasteiger partial charge on any atom is -0.00199 e. The third-order valence-corrected chi connectivity index (χ3v) is 8.45. The van der Waals surface area contributed by atoms with Gasteiger partial charge in [0.2, 0.25) is 0 Å². The lowest BCUT2D eigenvalue weighted by Crippen LogP contribution is -1.94. The Morgan fingerprint density at radius 3 is 1.12 bits per heavy atom. The van der Waals surface area contributed by atoms with Crippen LogP contribution < -0.4 is 0 Å². The molecule has 0 aliphatic rings. The first kappa shape index (κ1) is 24.3. The van der Waals surface area contributed by atoms with Gasteiger partial charge in [-0.15, -0.1) is 0 Å². The summed E-state index contributed by atoms with van der Waals surface area (Å²) in [5, 5.41) is 7.56. The molecule has 0 unspecified atom stereocenters. The second kappa shape index (κ2) is 10.2. The van der Waals surface area contributed by atoms with Crippen LogP contribution in [0.3, 0.4) is 0 Å². The highest BCUT2D eigenvalue weighted by atomic mass is 14.2. The number of rotatable bonds is 4. The zero-order valence-electron chi connectivity index (χ0n) is 23.2. The van der Waals surface area contributed by atoms with Crippen molar-refractivity contribution in [1.29, 1.82) is 0 Å². The highest BCUT2D eigenvalue weighted by Gasteiger charge is 2.20. The van der Waals surface area contributed by atoms with Gasteiger partial charge in [0.05, 0.1) is 0 Å². The van der Waals surface area contributed by atoms with Gasteiger partial charge in [-0.3, -0.25) is 0 Å². The average molecular weight is 533 g/mol. The van der Waals surface area contributed by atoms with Gasteiger partial charge in [-0.25, -0.2) is 0 Å². The predicted octanol–water partition coefficient (Wildman–Crippen LogP) is 11.8. The fourth-order valence-corrected chi connectivity index (χ4v) is 6.58. The highest BCUT2D eigenvalue weighted by molar-refractivity contribution is 6.23. The fourth-order valence-electron chi connectivity index (χ4n) is 6.58. The van der Waals surface area contributed by atoms with Crippen LogP contribution in [0.4, 0.5) is 0 Å². The van der Waals surface area contributed by atoms with E-state index in [2.05, 4.69) is 170 Å². The lowest BCUT2D eigenvalue weighted by molar-refractivity contribution is 1.60. The van der Waals surface area contributed by atoms with Gasteiger partial charge in [0.25, 0.3) is 0 Å². The van der Waals surface area contributed by atoms with E-state index in [4.69, 9.17) is 0 Å². The second-order valence-corrected chi connectivity index (χ2v) is 10.9. The van der Waals surface area contributed by atoms with Gasteiger partial charge >= 0.3 is 0 Å². The zero-order chi connectivity index (χ0) is 27.9. The second-order valence-electron chi connectivity index (χ2n) is 10.9. The zero-order valence-corrected chi connectivity index (χ0v) is 23.2. The van der Waals surface area contributed by atoms with Crippen LogP contribution in [0, 0.1) is 0 Å². The standard InChI is InChI=1S/C42H28/c1-3-15-29(16-4-1)33-21-9-10-22-34(33)41-35-23-11-13-25-37(35)42(38-26-14-12-24-36(38)41)40-28-32-20-8-7-19-31(32)27-39(40)30-17-5-2-6-18-30/h1-28H. The lowest BCUT2D eigenvalue weighted by atomic mass is 9.82. The summed E-state index contributed by atoms with van der Waals surface area (Å²) in [6.07, 6.45) is 0. The molecule has 0 N–H and O–H groups in total. The van der Waals surface area contributed by atoms with Gasteiger partial charge in [-0.05, 0) is 89.0 Å². The van der Waals surface area contributed by atoms with Crippen molar-refractivity contribution in [3.8, 4) is 44.5 Å². The normalized spacial score (nSPS) is 11.3. The van der Waals surface area contributed by atoms with E-state index in [9.17, 15) is 0 Å². The molecule has 0 fully saturated rings. The molecule has 0 saturated heterocycles. The molecular weight excluding hydrogens is 504 g/mol. The Morgan fingerprint density at radius 1 is 0.238 bits per heavy atom. The van der Waals surface area contributed by atoms with Crippen molar-refractivity contribution in [2.45, 2.75) is 0 Å². The van der Waals surface area contributed by atoms with E-state index < -0.39 is 0 Å². The van der Waals surface area contributed by atoms with E-state index in [1.54, 1.807) is 0 Å². The van der Waals surface area contributed by atoms with E-state index >= 15 is 0 Å². The molecule has 0 aliphatic carbocycles. The number of benzene rings is 8. The molecular formula is C42H28.